The van der Waals surface area contributed by atoms with Crippen LogP contribution in [0.25, 0.3) is 0 Å². The molecule has 1 aromatic carbocycles. The second-order valence-electron chi connectivity index (χ2n) is 4.47. The SMILES string of the molecule is C[C@@H]1OC(O)C[C@H](NC(=O)c2ccccc2)[C@@H]1O. The van der Waals surface area contributed by atoms with Crippen LogP contribution in [0.3, 0.4) is 0 Å². The maximum absolute atomic E-state index is 11.9. The molecule has 1 aliphatic heterocycles. The molecular formula is C13H17NO4. The normalized spacial score (nSPS) is 31.9. The van der Waals surface area contributed by atoms with Crippen LogP contribution in [-0.4, -0.2) is 40.7 Å². The van der Waals surface area contributed by atoms with Crippen molar-refractivity contribution in [2.45, 2.75) is 37.9 Å². The number of ether oxygens (including phenoxy) is 1. The minimum Gasteiger partial charge on any atom is -0.388 e. The van der Waals surface area contributed by atoms with Gasteiger partial charge in [0.25, 0.3) is 5.91 Å². The molecule has 1 saturated heterocycles. The molecule has 98 valence electrons. The number of rotatable bonds is 2. The van der Waals surface area contributed by atoms with E-state index < -0.39 is 24.5 Å². The van der Waals surface area contributed by atoms with Gasteiger partial charge in [-0.05, 0) is 19.1 Å². The van der Waals surface area contributed by atoms with Crippen molar-refractivity contribution in [2.24, 2.45) is 0 Å². The lowest BCUT2D eigenvalue weighted by Gasteiger charge is -2.36. The summed E-state index contributed by atoms with van der Waals surface area (Å²) >= 11 is 0. The van der Waals surface area contributed by atoms with Crippen LogP contribution in [0.1, 0.15) is 23.7 Å². The number of hydrogen-bond acceptors (Lipinski definition) is 4. The Morgan fingerprint density at radius 3 is 2.67 bits per heavy atom. The maximum atomic E-state index is 11.9. The Morgan fingerprint density at radius 1 is 1.33 bits per heavy atom. The highest BCUT2D eigenvalue weighted by atomic mass is 16.6. The van der Waals surface area contributed by atoms with Crippen molar-refractivity contribution in [1.29, 1.82) is 0 Å². The van der Waals surface area contributed by atoms with Gasteiger partial charge in [0.2, 0.25) is 0 Å². The predicted octanol–water partition coefficient (Wildman–Crippen LogP) is 0.273. The van der Waals surface area contributed by atoms with Crippen molar-refractivity contribution in [2.75, 3.05) is 0 Å². The fraction of sp³-hybridized carbons (Fsp3) is 0.462. The minimum absolute atomic E-state index is 0.185. The number of nitrogens with one attached hydrogen (secondary N) is 1. The monoisotopic (exact) mass is 251 g/mol. The Hall–Kier alpha value is -1.43. The number of hydrogen-bond donors (Lipinski definition) is 3. The van der Waals surface area contributed by atoms with Crippen molar-refractivity contribution >= 4 is 5.91 Å². The Labute approximate surface area is 105 Å². The van der Waals surface area contributed by atoms with Crippen LogP contribution in [-0.2, 0) is 4.74 Å². The van der Waals surface area contributed by atoms with Gasteiger partial charge in [0, 0.05) is 12.0 Å². The first kappa shape index (κ1) is 13.0. The number of aliphatic hydroxyl groups is 2. The lowest BCUT2D eigenvalue weighted by molar-refractivity contribution is -0.201. The van der Waals surface area contributed by atoms with Gasteiger partial charge in [-0.2, -0.15) is 0 Å². The minimum atomic E-state index is -0.954. The van der Waals surface area contributed by atoms with Crippen molar-refractivity contribution < 1.29 is 19.7 Å². The second kappa shape index (κ2) is 5.48. The van der Waals surface area contributed by atoms with Gasteiger partial charge in [-0.15, -0.1) is 0 Å². The molecule has 2 rings (SSSR count). The summed E-state index contributed by atoms with van der Waals surface area (Å²) in [7, 11) is 0. The van der Waals surface area contributed by atoms with E-state index in [9.17, 15) is 15.0 Å². The average Bonchev–Trinajstić information content (AvgIpc) is 2.36. The van der Waals surface area contributed by atoms with E-state index in [-0.39, 0.29) is 12.3 Å². The zero-order valence-corrected chi connectivity index (χ0v) is 10.1. The highest BCUT2D eigenvalue weighted by molar-refractivity contribution is 5.94. The smallest absolute Gasteiger partial charge is 0.251 e. The quantitative estimate of drug-likeness (QED) is 0.705. The van der Waals surface area contributed by atoms with Gasteiger partial charge in [0.1, 0.15) is 6.10 Å². The van der Waals surface area contributed by atoms with E-state index in [0.29, 0.717) is 5.56 Å². The molecule has 0 bridgehead atoms. The average molecular weight is 251 g/mol. The molecule has 0 aromatic heterocycles. The summed E-state index contributed by atoms with van der Waals surface area (Å²) in [5.74, 6) is -0.263. The molecule has 0 aliphatic carbocycles. The molecule has 1 aliphatic rings. The summed E-state index contributed by atoms with van der Waals surface area (Å²) in [5, 5.41) is 22.1. The third-order valence-electron chi connectivity index (χ3n) is 3.07. The molecule has 1 heterocycles. The van der Waals surface area contributed by atoms with E-state index in [1.165, 1.54) is 0 Å². The number of carbonyl (C=O) groups excluding carboxylic acids is 1. The van der Waals surface area contributed by atoms with Gasteiger partial charge in [-0.3, -0.25) is 4.79 Å². The molecule has 0 radical (unpaired) electrons. The topological polar surface area (TPSA) is 78.8 Å². The number of benzene rings is 1. The number of aliphatic hydroxyl groups excluding tert-OH is 2. The van der Waals surface area contributed by atoms with Crippen LogP contribution in [0.15, 0.2) is 30.3 Å². The molecule has 1 aromatic rings. The lowest BCUT2D eigenvalue weighted by atomic mass is 9.99. The van der Waals surface area contributed by atoms with E-state index in [4.69, 9.17) is 4.74 Å². The van der Waals surface area contributed by atoms with Crippen LogP contribution in [0.5, 0.6) is 0 Å². The predicted molar refractivity (Wildman–Crippen MR) is 64.9 cm³/mol. The van der Waals surface area contributed by atoms with Gasteiger partial charge in [-0.25, -0.2) is 0 Å². The van der Waals surface area contributed by atoms with E-state index in [1.807, 2.05) is 6.07 Å². The van der Waals surface area contributed by atoms with Gasteiger partial charge < -0.3 is 20.3 Å². The molecule has 1 fully saturated rings. The third kappa shape index (κ3) is 2.87. The molecule has 1 amide bonds. The Balaban J connectivity index is 2.02. The number of carbonyl (C=O) groups is 1. The first-order valence-electron chi connectivity index (χ1n) is 5.95. The highest BCUT2D eigenvalue weighted by Gasteiger charge is 2.35. The Bertz CT molecular complexity index is 409. The lowest BCUT2D eigenvalue weighted by Crippen LogP contribution is -2.54. The molecule has 1 unspecified atom stereocenters. The summed E-state index contributed by atoms with van der Waals surface area (Å²) in [6.45, 7) is 1.66. The molecule has 0 saturated carbocycles. The summed E-state index contributed by atoms with van der Waals surface area (Å²) in [4.78, 5) is 11.9. The zero-order chi connectivity index (χ0) is 13.1. The van der Waals surface area contributed by atoms with Crippen LogP contribution in [0.2, 0.25) is 0 Å². The van der Waals surface area contributed by atoms with E-state index in [2.05, 4.69) is 5.32 Å². The van der Waals surface area contributed by atoms with Gasteiger partial charge in [0.05, 0.1) is 12.1 Å². The molecule has 5 nitrogen and oxygen atoms in total. The largest absolute Gasteiger partial charge is 0.388 e. The van der Waals surface area contributed by atoms with Crippen molar-refractivity contribution in [3.63, 3.8) is 0 Å². The Morgan fingerprint density at radius 2 is 2.00 bits per heavy atom. The standard InChI is InChI=1S/C13H17NO4/c1-8-12(16)10(7-11(15)18-8)14-13(17)9-5-3-2-4-6-9/h2-6,8,10-12,15-16H,7H2,1H3,(H,14,17)/t8-,10-,11?,12+/m0/s1. The van der Waals surface area contributed by atoms with Crippen molar-refractivity contribution in [3.05, 3.63) is 35.9 Å². The van der Waals surface area contributed by atoms with Crippen molar-refractivity contribution in [1.82, 2.24) is 5.32 Å². The highest BCUT2D eigenvalue weighted by Crippen LogP contribution is 2.19. The third-order valence-corrected chi connectivity index (χ3v) is 3.07. The van der Waals surface area contributed by atoms with E-state index in [0.717, 1.165) is 0 Å². The molecule has 4 atom stereocenters. The fourth-order valence-corrected chi connectivity index (χ4v) is 2.05. The zero-order valence-electron chi connectivity index (χ0n) is 10.1. The molecular weight excluding hydrogens is 234 g/mol. The fourth-order valence-electron chi connectivity index (χ4n) is 2.05. The molecule has 3 N–H and O–H groups in total. The van der Waals surface area contributed by atoms with Gasteiger partial charge >= 0.3 is 0 Å². The molecule has 18 heavy (non-hydrogen) atoms. The van der Waals surface area contributed by atoms with Crippen LogP contribution < -0.4 is 5.32 Å². The molecule has 0 spiro atoms. The van der Waals surface area contributed by atoms with E-state index in [1.54, 1.807) is 31.2 Å². The summed E-state index contributed by atoms with van der Waals surface area (Å²) in [6.07, 6.45) is -2.09. The van der Waals surface area contributed by atoms with E-state index >= 15 is 0 Å². The summed E-state index contributed by atoms with van der Waals surface area (Å²) in [6, 6.07) is 8.25. The van der Waals surface area contributed by atoms with Crippen molar-refractivity contribution in [3.8, 4) is 0 Å². The summed E-state index contributed by atoms with van der Waals surface area (Å²) < 4.78 is 5.07. The first-order valence-corrected chi connectivity index (χ1v) is 5.95. The number of amides is 1. The van der Waals surface area contributed by atoms with Crippen LogP contribution in [0.4, 0.5) is 0 Å². The second-order valence-corrected chi connectivity index (χ2v) is 4.47. The summed E-state index contributed by atoms with van der Waals surface area (Å²) in [5.41, 5.74) is 0.526. The first-order chi connectivity index (χ1) is 8.58. The van der Waals surface area contributed by atoms with Gasteiger partial charge in [-0.1, -0.05) is 18.2 Å². The maximum Gasteiger partial charge on any atom is 0.251 e. The van der Waals surface area contributed by atoms with Crippen LogP contribution in [0, 0.1) is 0 Å². The van der Waals surface area contributed by atoms with Crippen LogP contribution >= 0.6 is 0 Å². The van der Waals surface area contributed by atoms with Gasteiger partial charge in [0.15, 0.2) is 6.29 Å². The molecule has 5 heteroatoms. The Kier molecular flexibility index (Phi) is 3.96.